The van der Waals surface area contributed by atoms with Crippen LogP contribution in [0.1, 0.15) is 23.2 Å². The average Bonchev–Trinajstić information content (AvgIpc) is 2.47. The molecule has 1 aliphatic rings. The van der Waals surface area contributed by atoms with Gasteiger partial charge in [-0.2, -0.15) is 0 Å². The van der Waals surface area contributed by atoms with Gasteiger partial charge in [-0.3, -0.25) is 14.6 Å². The summed E-state index contributed by atoms with van der Waals surface area (Å²) in [4.78, 5) is 29.7. The van der Waals surface area contributed by atoms with Gasteiger partial charge < -0.3 is 4.90 Å². The van der Waals surface area contributed by atoms with Crippen LogP contribution in [-0.4, -0.2) is 34.7 Å². The molecule has 1 aromatic heterocycles. The number of hydrogen-bond donors (Lipinski definition) is 0. The second kappa shape index (κ2) is 4.80. The van der Waals surface area contributed by atoms with Crippen LogP contribution in [0.2, 0.25) is 0 Å². The van der Waals surface area contributed by atoms with Gasteiger partial charge in [0.25, 0.3) is 5.91 Å². The number of carbonyl (C=O) groups excluding carboxylic acids is 2. The summed E-state index contributed by atoms with van der Waals surface area (Å²) in [5.74, 6) is 0.231. The van der Waals surface area contributed by atoms with E-state index in [1.807, 2.05) is 30.3 Å². The highest BCUT2D eigenvalue weighted by molar-refractivity contribution is 6.06. The monoisotopic (exact) mass is 254 g/mol. The van der Waals surface area contributed by atoms with Crippen LogP contribution in [0.3, 0.4) is 0 Å². The Morgan fingerprint density at radius 1 is 1.11 bits per heavy atom. The van der Waals surface area contributed by atoms with Crippen molar-refractivity contribution < 1.29 is 9.59 Å². The first-order chi connectivity index (χ1) is 9.25. The number of aromatic nitrogens is 1. The van der Waals surface area contributed by atoms with E-state index >= 15 is 0 Å². The van der Waals surface area contributed by atoms with E-state index < -0.39 is 0 Å². The molecule has 0 radical (unpaired) electrons. The molecule has 96 valence electrons. The first-order valence-electron chi connectivity index (χ1n) is 6.40. The first-order valence-corrected chi connectivity index (χ1v) is 6.40. The Morgan fingerprint density at radius 2 is 1.89 bits per heavy atom. The van der Waals surface area contributed by atoms with Gasteiger partial charge >= 0.3 is 0 Å². The maximum absolute atomic E-state index is 12.5. The summed E-state index contributed by atoms with van der Waals surface area (Å²) in [6.45, 7) is 1.04. The lowest BCUT2D eigenvalue weighted by molar-refractivity contribution is -0.120. The third kappa shape index (κ3) is 2.21. The average molecular weight is 254 g/mol. The van der Waals surface area contributed by atoms with Crippen molar-refractivity contribution in [2.45, 2.75) is 12.8 Å². The summed E-state index contributed by atoms with van der Waals surface area (Å²) in [5.41, 5.74) is 1.49. The van der Waals surface area contributed by atoms with E-state index in [0.29, 0.717) is 31.5 Å². The normalized spacial score (nSPS) is 15.8. The van der Waals surface area contributed by atoms with Crippen LogP contribution in [-0.2, 0) is 4.79 Å². The molecule has 0 spiro atoms. The lowest BCUT2D eigenvalue weighted by Crippen LogP contribution is -2.38. The minimum absolute atomic E-state index is 0.00824. The van der Waals surface area contributed by atoms with Gasteiger partial charge in [0.2, 0.25) is 0 Å². The van der Waals surface area contributed by atoms with Crippen molar-refractivity contribution in [3.63, 3.8) is 0 Å². The molecule has 3 rings (SSSR count). The number of likely N-dealkylation sites (tertiary alicyclic amines) is 1. The summed E-state index contributed by atoms with van der Waals surface area (Å²) < 4.78 is 0. The van der Waals surface area contributed by atoms with Gasteiger partial charge in [-0.25, -0.2) is 0 Å². The van der Waals surface area contributed by atoms with Gasteiger partial charge in [0.15, 0.2) is 0 Å². The maximum atomic E-state index is 12.5. The summed E-state index contributed by atoms with van der Waals surface area (Å²) in [6, 6.07) is 9.30. The zero-order valence-corrected chi connectivity index (χ0v) is 10.5. The third-order valence-corrected chi connectivity index (χ3v) is 3.48. The Balaban J connectivity index is 1.95. The summed E-state index contributed by atoms with van der Waals surface area (Å²) in [5, 5.41) is 0.868. The number of piperidine rings is 1. The molecule has 2 aromatic rings. The molecule has 4 nitrogen and oxygen atoms in total. The van der Waals surface area contributed by atoms with Crippen molar-refractivity contribution in [1.29, 1.82) is 0 Å². The van der Waals surface area contributed by atoms with Crippen molar-refractivity contribution in [2.75, 3.05) is 13.1 Å². The standard InChI is InChI=1S/C15H14N2O2/c18-11-6-9-17(10-7-11)15(19)13-3-1-5-14-12(13)4-2-8-16-14/h1-5,8H,6-7,9-10H2. The fourth-order valence-corrected chi connectivity index (χ4v) is 2.42. The minimum atomic E-state index is -0.00824. The quantitative estimate of drug-likeness (QED) is 0.782. The number of pyridine rings is 1. The molecule has 1 fully saturated rings. The second-order valence-electron chi connectivity index (χ2n) is 4.71. The van der Waals surface area contributed by atoms with Crippen LogP contribution in [0.25, 0.3) is 10.9 Å². The number of hydrogen-bond acceptors (Lipinski definition) is 3. The fourth-order valence-electron chi connectivity index (χ4n) is 2.42. The maximum Gasteiger partial charge on any atom is 0.254 e. The number of fused-ring (bicyclic) bond motifs is 1. The predicted octanol–water partition coefficient (Wildman–Crippen LogP) is 2.04. The molecule has 0 saturated carbocycles. The molecule has 1 aliphatic heterocycles. The summed E-state index contributed by atoms with van der Waals surface area (Å²) >= 11 is 0. The lowest BCUT2D eigenvalue weighted by atomic mass is 10.0. The topological polar surface area (TPSA) is 50.3 Å². The van der Waals surface area contributed by atoms with Crippen molar-refractivity contribution >= 4 is 22.6 Å². The number of nitrogens with zero attached hydrogens (tertiary/aromatic N) is 2. The van der Waals surface area contributed by atoms with Crippen LogP contribution >= 0.6 is 0 Å². The summed E-state index contributed by atoms with van der Waals surface area (Å²) in [7, 11) is 0. The van der Waals surface area contributed by atoms with Crippen LogP contribution in [0.5, 0.6) is 0 Å². The number of Topliss-reactive ketones (excluding diaryl/α,β-unsaturated/α-hetero) is 1. The van der Waals surface area contributed by atoms with Crippen molar-refractivity contribution in [2.24, 2.45) is 0 Å². The van der Waals surface area contributed by atoms with Gasteiger partial charge in [0.1, 0.15) is 5.78 Å². The molecule has 1 saturated heterocycles. The molecule has 0 aliphatic carbocycles. The van der Waals surface area contributed by atoms with Gasteiger partial charge in [-0.15, -0.1) is 0 Å². The molecule has 0 bridgehead atoms. The zero-order chi connectivity index (χ0) is 13.2. The Bertz CT molecular complexity index is 636. The molecule has 1 aromatic carbocycles. The van der Waals surface area contributed by atoms with Gasteiger partial charge in [0.05, 0.1) is 5.52 Å². The number of carbonyl (C=O) groups is 2. The van der Waals surface area contributed by atoms with E-state index in [1.54, 1.807) is 11.1 Å². The number of amides is 1. The zero-order valence-electron chi connectivity index (χ0n) is 10.5. The highest BCUT2D eigenvalue weighted by atomic mass is 16.2. The Morgan fingerprint density at radius 3 is 2.68 bits per heavy atom. The number of rotatable bonds is 1. The van der Waals surface area contributed by atoms with Gasteiger partial charge in [-0.05, 0) is 18.2 Å². The van der Waals surface area contributed by atoms with E-state index in [1.165, 1.54) is 0 Å². The van der Waals surface area contributed by atoms with Crippen LogP contribution in [0.4, 0.5) is 0 Å². The molecular formula is C15H14N2O2. The Labute approximate surface area is 111 Å². The molecule has 4 heteroatoms. The summed E-state index contributed by atoms with van der Waals surface area (Å²) in [6.07, 6.45) is 2.65. The van der Waals surface area contributed by atoms with E-state index in [-0.39, 0.29) is 11.7 Å². The molecule has 0 atom stereocenters. The van der Waals surface area contributed by atoms with E-state index in [4.69, 9.17) is 0 Å². The van der Waals surface area contributed by atoms with Gasteiger partial charge in [-0.1, -0.05) is 12.1 Å². The van der Waals surface area contributed by atoms with E-state index in [2.05, 4.69) is 4.98 Å². The second-order valence-corrected chi connectivity index (χ2v) is 4.71. The highest BCUT2D eigenvalue weighted by Crippen LogP contribution is 2.19. The molecular weight excluding hydrogens is 240 g/mol. The van der Waals surface area contributed by atoms with Crippen LogP contribution in [0.15, 0.2) is 36.5 Å². The SMILES string of the molecule is O=C1CCN(C(=O)c2cccc3ncccc23)CC1. The Hall–Kier alpha value is -2.23. The number of ketones is 1. The molecule has 0 N–H and O–H groups in total. The molecule has 1 amide bonds. The van der Waals surface area contributed by atoms with Crippen LogP contribution < -0.4 is 0 Å². The lowest BCUT2D eigenvalue weighted by Gasteiger charge is -2.26. The first kappa shape index (κ1) is 11.8. The van der Waals surface area contributed by atoms with E-state index in [0.717, 1.165) is 10.9 Å². The van der Waals surface area contributed by atoms with Crippen LogP contribution in [0, 0.1) is 0 Å². The Kier molecular flexibility index (Phi) is 2.99. The smallest absolute Gasteiger partial charge is 0.254 e. The highest BCUT2D eigenvalue weighted by Gasteiger charge is 2.22. The molecule has 0 unspecified atom stereocenters. The number of benzene rings is 1. The molecule has 19 heavy (non-hydrogen) atoms. The van der Waals surface area contributed by atoms with Crippen molar-refractivity contribution in [3.05, 3.63) is 42.1 Å². The largest absolute Gasteiger partial charge is 0.338 e. The van der Waals surface area contributed by atoms with Crippen molar-refractivity contribution in [3.8, 4) is 0 Å². The minimum Gasteiger partial charge on any atom is -0.338 e. The fraction of sp³-hybridized carbons (Fsp3) is 0.267. The van der Waals surface area contributed by atoms with E-state index in [9.17, 15) is 9.59 Å². The molecule has 2 heterocycles. The predicted molar refractivity (Wildman–Crippen MR) is 71.9 cm³/mol. The third-order valence-electron chi connectivity index (χ3n) is 3.48. The van der Waals surface area contributed by atoms with Gasteiger partial charge in [0, 0.05) is 43.1 Å². The van der Waals surface area contributed by atoms with Crippen molar-refractivity contribution in [1.82, 2.24) is 9.88 Å².